The van der Waals surface area contributed by atoms with Crippen LogP contribution in [0.3, 0.4) is 0 Å². The second-order valence-electron chi connectivity index (χ2n) is 8.25. The number of nitrogens with one attached hydrogen (secondary N) is 1. The van der Waals surface area contributed by atoms with E-state index in [0.29, 0.717) is 6.04 Å². The van der Waals surface area contributed by atoms with Crippen LogP contribution in [-0.4, -0.2) is 27.9 Å². The highest BCUT2D eigenvalue weighted by Crippen LogP contribution is 2.36. The number of aryl methyl sites for hydroxylation is 3. The van der Waals surface area contributed by atoms with Gasteiger partial charge in [0.25, 0.3) is 0 Å². The molecule has 0 amide bonds. The molecule has 144 valence electrons. The standard InChI is InChI=1S/C22H30N4O/c1-2-9-21-24-25-22(26(21)12-3-1)10-11-23-19-8-5-13-27-20-15-17-7-4-6-16(17)14-18(19)20/h14-15,19,23H,1-13H2. The SMILES string of the molecule is c1c2c(cc3c1OCCCC3NCCc1nnc3n1CCCCC3)CCC2. The lowest BCUT2D eigenvalue weighted by Crippen LogP contribution is -2.24. The van der Waals surface area contributed by atoms with Crippen molar-refractivity contribution >= 4 is 0 Å². The predicted octanol–water partition coefficient (Wildman–Crippen LogP) is 3.54. The van der Waals surface area contributed by atoms with Crippen LogP contribution < -0.4 is 10.1 Å². The Morgan fingerprint density at radius 2 is 1.93 bits per heavy atom. The molecule has 5 heteroatoms. The Kier molecular flexibility index (Phi) is 4.87. The highest BCUT2D eigenvalue weighted by Gasteiger charge is 2.23. The normalized spacial score (nSPS) is 21.6. The maximum Gasteiger partial charge on any atom is 0.134 e. The molecular formula is C22H30N4O. The minimum atomic E-state index is 0.389. The minimum Gasteiger partial charge on any atom is -0.493 e. The lowest BCUT2D eigenvalue weighted by molar-refractivity contribution is 0.315. The number of fused-ring (bicyclic) bond motifs is 3. The maximum atomic E-state index is 6.08. The van der Waals surface area contributed by atoms with Gasteiger partial charge in [0, 0.05) is 37.5 Å². The van der Waals surface area contributed by atoms with Crippen LogP contribution in [-0.2, 0) is 32.2 Å². The van der Waals surface area contributed by atoms with E-state index in [1.54, 1.807) is 0 Å². The van der Waals surface area contributed by atoms with Gasteiger partial charge in [-0.1, -0.05) is 12.5 Å². The van der Waals surface area contributed by atoms with Crippen molar-refractivity contribution in [1.29, 1.82) is 0 Å². The Bertz CT molecular complexity index is 813. The summed E-state index contributed by atoms with van der Waals surface area (Å²) < 4.78 is 8.44. The van der Waals surface area contributed by atoms with Gasteiger partial charge < -0.3 is 14.6 Å². The first-order chi connectivity index (χ1) is 13.4. The van der Waals surface area contributed by atoms with Crippen LogP contribution in [0.5, 0.6) is 5.75 Å². The van der Waals surface area contributed by atoms with Gasteiger partial charge in [0.1, 0.15) is 17.4 Å². The number of aromatic nitrogens is 3. The molecule has 5 nitrogen and oxygen atoms in total. The van der Waals surface area contributed by atoms with E-state index in [1.807, 2.05) is 0 Å². The fourth-order valence-electron chi connectivity index (χ4n) is 4.94. The Hall–Kier alpha value is -1.88. The van der Waals surface area contributed by atoms with Crippen LogP contribution in [0.1, 0.15) is 72.9 Å². The Morgan fingerprint density at radius 1 is 1.00 bits per heavy atom. The van der Waals surface area contributed by atoms with Crippen LogP contribution >= 0.6 is 0 Å². The molecule has 1 unspecified atom stereocenters. The summed E-state index contributed by atoms with van der Waals surface area (Å²) in [7, 11) is 0. The molecule has 3 heterocycles. The highest BCUT2D eigenvalue weighted by molar-refractivity contribution is 5.46. The van der Waals surface area contributed by atoms with Crippen LogP contribution in [0.2, 0.25) is 0 Å². The van der Waals surface area contributed by atoms with Crippen molar-refractivity contribution in [2.45, 2.75) is 76.8 Å². The quantitative estimate of drug-likeness (QED) is 0.899. The molecule has 0 spiro atoms. The van der Waals surface area contributed by atoms with Crippen molar-refractivity contribution in [2.75, 3.05) is 13.2 Å². The number of nitrogens with zero attached hydrogens (tertiary/aromatic N) is 3. The molecule has 2 aliphatic heterocycles. The van der Waals surface area contributed by atoms with Gasteiger partial charge in [-0.3, -0.25) is 0 Å². The number of rotatable bonds is 4. The summed E-state index contributed by atoms with van der Waals surface area (Å²) in [4.78, 5) is 0. The number of ether oxygens (including phenoxy) is 1. The third-order valence-electron chi connectivity index (χ3n) is 6.42. The summed E-state index contributed by atoms with van der Waals surface area (Å²) in [5.41, 5.74) is 4.41. The van der Waals surface area contributed by atoms with Crippen molar-refractivity contribution in [1.82, 2.24) is 20.1 Å². The molecule has 27 heavy (non-hydrogen) atoms. The van der Waals surface area contributed by atoms with Crippen molar-refractivity contribution < 1.29 is 4.74 Å². The second-order valence-corrected chi connectivity index (χ2v) is 8.25. The smallest absolute Gasteiger partial charge is 0.134 e. The van der Waals surface area contributed by atoms with Crippen molar-refractivity contribution in [2.24, 2.45) is 0 Å². The fraction of sp³-hybridized carbons (Fsp3) is 0.636. The van der Waals surface area contributed by atoms with E-state index in [1.165, 1.54) is 61.0 Å². The zero-order chi connectivity index (χ0) is 18.1. The van der Waals surface area contributed by atoms with Gasteiger partial charge in [0.15, 0.2) is 0 Å². The van der Waals surface area contributed by atoms with Crippen LogP contribution in [0.25, 0.3) is 0 Å². The molecule has 0 bridgehead atoms. The van der Waals surface area contributed by atoms with E-state index >= 15 is 0 Å². The van der Waals surface area contributed by atoms with E-state index in [2.05, 4.69) is 32.2 Å². The average molecular weight is 367 g/mol. The van der Waals surface area contributed by atoms with E-state index in [4.69, 9.17) is 4.74 Å². The third-order valence-corrected chi connectivity index (χ3v) is 6.42. The summed E-state index contributed by atoms with van der Waals surface area (Å²) in [6, 6.07) is 5.12. The molecule has 3 aliphatic rings. The van der Waals surface area contributed by atoms with Gasteiger partial charge in [0.2, 0.25) is 0 Å². The second kappa shape index (κ2) is 7.63. The molecule has 0 radical (unpaired) electrons. The van der Waals surface area contributed by atoms with Gasteiger partial charge >= 0.3 is 0 Å². The topological polar surface area (TPSA) is 52.0 Å². The van der Waals surface area contributed by atoms with Gasteiger partial charge in [-0.2, -0.15) is 0 Å². The molecule has 1 aromatic carbocycles. The molecule has 1 aromatic heterocycles. The molecule has 0 saturated carbocycles. The minimum absolute atomic E-state index is 0.389. The molecule has 0 fully saturated rings. The van der Waals surface area contributed by atoms with E-state index < -0.39 is 0 Å². The summed E-state index contributed by atoms with van der Waals surface area (Å²) >= 11 is 0. The molecule has 0 saturated heterocycles. The lowest BCUT2D eigenvalue weighted by atomic mass is 9.97. The monoisotopic (exact) mass is 366 g/mol. The molecule has 2 aromatic rings. The highest BCUT2D eigenvalue weighted by atomic mass is 16.5. The van der Waals surface area contributed by atoms with Crippen LogP contribution in [0.4, 0.5) is 0 Å². The van der Waals surface area contributed by atoms with Crippen molar-refractivity contribution in [3.63, 3.8) is 0 Å². The van der Waals surface area contributed by atoms with Crippen molar-refractivity contribution in [3.05, 3.63) is 40.5 Å². The Labute approximate surface area is 161 Å². The molecule has 1 N–H and O–H groups in total. The van der Waals surface area contributed by atoms with Gasteiger partial charge in [0.05, 0.1) is 6.61 Å². The number of benzene rings is 1. The zero-order valence-electron chi connectivity index (χ0n) is 16.2. The Balaban J connectivity index is 1.29. The summed E-state index contributed by atoms with van der Waals surface area (Å²) in [6.07, 6.45) is 11.8. The van der Waals surface area contributed by atoms with Crippen LogP contribution in [0, 0.1) is 0 Å². The Morgan fingerprint density at radius 3 is 2.89 bits per heavy atom. The van der Waals surface area contributed by atoms with Crippen molar-refractivity contribution in [3.8, 4) is 5.75 Å². The predicted molar refractivity (Wildman–Crippen MR) is 105 cm³/mol. The first kappa shape index (κ1) is 17.2. The lowest BCUT2D eigenvalue weighted by Gasteiger charge is -2.20. The van der Waals surface area contributed by atoms with Gasteiger partial charge in [-0.15, -0.1) is 10.2 Å². The van der Waals surface area contributed by atoms with Crippen LogP contribution in [0.15, 0.2) is 12.1 Å². The number of hydrogen-bond acceptors (Lipinski definition) is 4. The first-order valence-corrected chi connectivity index (χ1v) is 10.8. The van der Waals surface area contributed by atoms with Gasteiger partial charge in [-0.25, -0.2) is 0 Å². The largest absolute Gasteiger partial charge is 0.493 e. The average Bonchev–Trinajstić information content (AvgIpc) is 3.15. The fourth-order valence-corrected chi connectivity index (χ4v) is 4.94. The van der Waals surface area contributed by atoms with E-state index in [9.17, 15) is 0 Å². The first-order valence-electron chi connectivity index (χ1n) is 10.8. The zero-order valence-corrected chi connectivity index (χ0v) is 16.2. The molecule has 5 rings (SSSR count). The molecule has 1 aliphatic carbocycles. The third kappa shape index (κ3) is 3.49. The van der Waals surface area contributed by atoms with E-state index in [0.717, 1.165) is 57.0 Å². The summed E-state index contributed by atoms with van der Waals surface area (Å²) in [6.45, 7) is 2.87. The van der Waals surface area contributed by atoms with E-state index in [-0.39, 0.29) is 0 Å². The maximum absolute atomic E-state index is 6.08. The molecule has 1 atom stereocenters. The number of hydrogen-bond donors (Lipinski definition) is 1. The van der Waals surface area contributed by atoms with Gasteiger partial charge in [-0.05, 0) is 62.1 Å². The summed E-state index contributed by atoms with van der Waals surface area (Å²) in [5.74, 6) is 3.45. The summed E-state index contributed by atoms with van der Waals surface area (Å²) in [5, 5.41) is 12.7. The molecular weight excluding hydrogens is 336 g/mol.